The van der Waals surface area contributed by atoms with Crippen LogP contribution in [-0.4, -0.2) is 45.7 Å². The van der Waals surface area contributed by atoms with E-state index in [2.05, 4.69) is 104 Å². The standard InChI is InChI=1S/C19H23N2.BF4/c1-20(2)18-12-8-16(9-13-18)6-5-7-17-10-14-19(15-11-17)21(3)4;2-1(3,4)5/h5-15H,1-4H3;/q+1;-1. The van der Waals surface area contributed by atoms with Gasteiger partial charge in [-0.15, -0.1) is 0 Å². The van der Waals surface area contributed by atoms with Gasteiger partial charge in [0.1, 0.15) is 14.1 Å². The molecule has 140 valence electrons. The van der Waals surface area contributed by atoms with Gasteiger partial charge in [0.25, 0.3) is 0 Å². The first kappa shape index (κ1) is 21.5. The van der Waals surface area contributed by atoms with E-state index in [0.717, 1.165) is 0 Å². The average Bonchev–Trinajstić information content (AvgIpc) is 2.54. The minimum atomic E-state index is -6.00. The van der Waals surface area contributed by atoms with Crippen LogP contribution >= 0.6 is 0 Å². The second-order valence-corrected chi connectivity index (χ2v) is 5.99. The third kappa shape index (κ3) is 9.06. The van der Waals surface area contributed by atoms with Gasteiger partial charge >= 0.3 is 7.25 Å². The Bertz CT molecular complexity index is 712. The highest BCUT2D eigenvalue weighted by atomic mass is 19.5. The van der Waals surface area contributed by atoms with E-state index >= 15 is 0 Å². The van der Waals surface area contributed by atoms with E-state index in [-0.39, 0.29) is 0 Å². The van der Waals surface area contributed by atoms with E-state index in [4.69, 9.17) is 0 Å². The molecule has 0 spiro atoms. The number of nitrogens with zero attached hydrogens (tertiary/aromatic N) is 2. The van der Waals surface area contributed by atoms with Crippen LogP contribution in [0.4, 0.5) is 23.0 Å². The Morgan fingerprint density at radius 2 is 1.38 bits per heavy atom. The molecule has 0 fully saturated rings. The van der Waals surface area contributed by atoms with Crippen molar-refractivity contribution in [1.82, 2.24) is 0 Å². The molecule has 0 amide bonds. The zero-order valence-electron chi connectivity index (χ0n) is 15.3. The van der Waals surface area contributed by atoms with E-state index in [0.29, 0.717) is 0 Å². The molecule has 0 saturated carbocycles. The summed E-state index contributed by atoms with van der Waals surface area (Å²) in [6, 6.07) is 8.53. The van der Waals surface area contributed by atoms with Crippen molar-refractivity contribution in [1.29, 1.82) is 0 Å². The quantitative estimate of drug-likeness (QED) is 0.422. The molecule has 0 radical (unpaired) electrons. The first-order valence-corrected chi connectivity index (χ1v) is 8.00. The molecular formula is C19H23BF4N2. The summed E-state index contributed by atoms with van der Waals surface area (Å²) in [6.45, 7) is 0. The maximum Gasteiger partial charge on any atom is 0.673 e. The number of hydrogen-bond donors (Lipinski definition) is 0. The molecule has 0 heterocycles. The molecular weight excluding hydrogens is 343 g/mol. The summed E-state index contributed by atoms with van der Waals surface area (Å²) in [4.78, 5) is 2.10. The fourth-order valence-electron chi connectivity index (χ4n) is 2.04. The molecule has 0 bridgehead atoms. The molecule has 26 heavy (non-hydrogen) atoms. The van der Waals surface area contributed by atoms with Crippen molar-refractivity contribution in [3.05, 3.63) is 71.9 Å². The van der Waals surface area contributed by atoms with Crippen molar-refractivity contribution in [2.24, 2.45) is 0 Å². The Morgan fingerprint density at radius 1 is 0.885 bits per heavy atom. The average molecular weight is 366 g/mol. The smallest absolute Gasteiger partial charge is 0.418 e. The van der Waals surface area contributed by atoms with Gasteiger partial charge < -0.3 is 22.2 Å². The number of allylic oxidation sites excluding steroid dienone is 7. The summed E-state index contributed by atoms with van der Waals surface area (Å²) in [5.74, 6) is 0. The minimum Gasteiger partial charge on any atom is -0.418 e. The fourth-order valence-corrected chi connectivity index (χ4v) is 2.04. The predicted octanol–water partition coefficient (Wildman–Crippen LogP) is 4.83. The Hall–Kier alpha value is -2.57. The van der Waals surface area contributed by atoms with Gasteiger partial charge in [-0.2, -0.15) is 0 Å². The summed E-state index contributed by atoms with van der Waals surface area (Å²) in [5.41, 5.74) is 4.86. The largest absolute Gasteiger partial charge is 0.673 e. The Labute approximate surface area is 152 Å². The molecule has 1 aromatic carbocycles. The predicted molar refractivity (Wildman–Crippen MR) is 103 cm³/mol. The van der Waals surface area contributed by atoms with Crippen molar-refractivity contribution >= 4 is 24.7 Å². The second-order valence-electron chi connectivity index (χ2n) is 5.99. The lowest BCUT2D eigenvalue weighted by molar-refractivity contribution is -0.462. The Kier molecular flexibility index (Phi) is 8.09. The van der Waals surface area contributed by atoms with Gasteiger partial charge in [-0.1, -0.05) is 30.4 Å². The van der Waals surface area contributed by atoms with Gasteiger partial charge in [0.2, 0.25) is 0 Å². The number of rotatable bonds is 3. The molecule has 2 rings (SSSR count). The SMILES string of the molecule is CN(C)c1ccc(/C=C/C=C2C=CC(=[N+](C)C)C=C2)cc1.F[B-](F)(F)F. The molecule has 1 aliphatic rings. The number of anilines is 1. The van der Waals surface area contributed by atoms with Crippen LogP contribution in [0.25, 0.3) is 6.08 Å². The molecule has 0 N–H and O–H groups in total. The highest BCUT2D eigenvalue weighted by Gasteiger charge is 2.20. The number of hydrogen-bond acceptors (Lipinski definition) is 1. The lowest BCUT2D eigenvalue weighted by Gasteiger charge is -2.11. The van der Waals surface area contributed by atoms with E-state index < -0.39 is 7.25 Å². The summed E-state index contributed by atoms with van der Waals surface area (Å²) in [6.07, 6.45) is 14.9. The second kappa shape index (κ2) is 9.80. The van der Waals surface area contributed by atoms with E-state index in [1.807, 2.05) is 0 Å². The summed E-state index contributed by atoms with van der Waals surface area (Å²) in [7, 11) is 2.21. The molecule has 0 aliphatic heterocycles. The zero-order valence-corrected chi connectivity index (χ0v) is 15.3. The molecule has 0 atom stereocenters. The van der Waals surface area contributed by atoms with Crippen molar-refractivity contribution in [3.63, 3.8) is 0 Å². The first-order chi connectivity index (χ1) is 12.1. The first-order valence-electron chi connectivity index (χ1n) is 8.00. The number of benzene rings is 1. The van der Waals surface area contributed by atoms with Crippen LogP contribution in [0.3, 0.4) is 0 Å². The van der Waals surface area contributed by atoms with Crippen molar-refractivity contribution in [2.75, 3.05) is 33.1 Å². The van der Waals surface area contributed by atoms with E-state index in [9.17, 15) is 17.3 Å². The van der Waals surface area contributed by atoms with Crippen molar-refractivity contribution < 1.29 is 21.8 Å². The maximum atomic E-state index is 9.75. The maximum absolute atomic E-state index is 9.75. The number of halogens is 4. The van der Waals surface area contributed by atoms with Crippen LogP contribution in [0.15, 0.2) is 66.3 Å². The van der Waals surface area contributed by atoms with Crippen LogP contribution in [-0.2, 0) is 0 Å². The summed E-state index contributed by atoms with van der Waals surface area (Å²) in [5, 5.41) is 0. The molecule has 0 unspecified atom stereocenters. The van der Waals surface area contributed by atoms with Gasteiger partial charge in [0.15, 0.2) is 5.71 Å². The Morgan fingerprint density at radius 3 is 1.81 bits per heavy atom. The monoisotopic (exact) mass is 366 g/mol. The Balaban J connectivity index is 0.000000597. The third-order valence-corrected chi connectivity index (χ3v) is 3.40. The van der Waals surface area contributed by atoms with Crippen LogP contribution in [0, 0.1) is 0 Å². The van der Waals surface area contributed by atoms with Crippen molar-refractivity contribution in [3.8, 4) is 0 Å². The van der Waals surface area contributed by atoms with Gasteiger partial charge in [-0.25, -0.2) is 4.58 Å². The highest BCUT2D eigenvalue weighted by Crippen LogP contribution is 2.14. The lowest BCUT2D eigenvalue weighted by Crippen LogP contribution is -2.09. The molecule has 2 nitrogen and oxygen atoms in total. The molecule has 7 heteroatoms. The lowest BCUT2D eigenvalue weighted by atomic mass is 10.1. The normalized spacial score (nSPS) is 13.5. The van der Waals surface area contributed by atoms with Gasteiger partial charge in [0, 0.05) is 31.9 Å². The van der Waals surface area contributed by atoms with Crippen molar-refractivity contribution in [2.45, 2.75) is 0 Å². The third-order valence-electron chi connectivity index (χ3n) is 3.40. The summed E-state index contributed by atoms with van der Waals surface area (Å²) < 4.78 is 41.1. The van der Waals surface area contributed by atoms with E-state index in [1.165, 1.54) is 22.5 Å². The fraction of sp³-hybridized carbons (Fsp3) is 0.211. The zero-order chi connectivity index (χ0) is 19.7. The molecule has 0 saturated heterocycles. The van der Waals surface area contributed by atoms with E-state index in [1.54, 1.807) is 0 Å². The highest BCUT2D eigenvalue weighted by molar-refractivity contribution is 6.50. The summed E-state index contributed by atoms with van der Waals surface area (Å²) >= 11 is 0. The topological polar surface area (TPSA) is 6.25 Å². The molecule has 1 aromatic rings. The minimum absolute atomic E-state index is 1.21. The van der Waals surface area contributed by atoms with Crippen LogP contribution in [0.2, 0.25) is 0 Å². The van der Waals surface area contributed by atoms with Crippen LogP contribution in [0.5, 0.6) is 0 Å². The molecule has 1 aliphatic carbocycles. The van der Waals surface area contributed by atoms with Gasteiger partial charge in [0.05, 0.1) is 0 Å². The van der Waals surface area contributed by atoms with Crippen LogP contribution < -0.4 is 4.90 Å². The van der Waals surface area contributed by atoms with Gasteiger partial charge in [-0.3, -0.25) is 0 Å². The van der Waals surface area contributed by atoms with Crippen LogP contribution in [0.1, 0.15) is 5.56 Å². The van der Waals surface area contributed by atoms with Gasteiger partial charge in [-0.05, 0) is 35.4 Å². The molecule has 0 aromatic heterocycles.